The van der Waals surface area contributed by atoms with Gasteiger partial charge in [-0.05, 0) is 69.4 Å². The molecule has 0 spiro atoms. The molecule has 5 amide bonds. The molecule has 0 bridgehead atoms. The number of amides is 5. The van der Waals surface area contributed by atoms with Gasteiger partial charge in [0.1, 0.15) is 23.7 Å². The second-order valence-electron chi connectivity index (χ2n) is 14.9. The van der Waals surface area contributed by atoms with Crippen LogP contribution in [0.25, 0.3) is 11.1 Å². The third-order valence-electron chi connectivity index (χ3n) is 11.0. The predicted octanol–water partition coefficient (Wildman–Crippen LogP) is 7.10. The van der Waals surface area contributed by atoms with Crippen LogP contribution in [0.5, 0.6) is 11.5 Å². The van der Waals surface area contributed by atoms with Crippen molar-refractivity contribution in [3.05, 3.63) is 87.5 Å². The summed E-state index contributed by atoms with van der Waals surface area (Å²) in [5.74, 6) is -1.95. The summed E-state index contributed by atoms with van der Waals surface area (Å²) in [4.78, 5) is 70.5. The largest absolute Gasteiger partial charge is 0.493 e. The van der Waals surface area contributed by atoms with Crippen LogP contribution in [0.4, 0.5) is 10.2 Å². The summed E-state index contributed by atoms with van der Waals surface area (Å²) in [7, 11) is 0. The summed E-state index contributed by atoms with van der Waals surface area (Å²) in [5, 5.41) is 6.97. The molecule has 14 nitrogen and oxygen atoms in total. The third kappa shape index (κ3) is 9.05. The average Bonchev–Trinajstić information content (AvgIpc) is 3.81. The zero-order chi connectivity index (χ0) is 41.8. The first-order valence-corrected chi connectivity index (χ1v) is 20.5. The number of ether oxygens (including phenoxy) is 2. The Balaban J connectivity index is 0.811. The van der Waals surface area contributed by atoms with Crippen LogP contribution in [0.2, 0.25) is 10.0 Å². The van der Waals surface area contributed by atoms with E-state index in [2.05, 4.69) is 15.4 Å². The second-order valence-corrected chi connectivity index (χ2v) is 15.7. The lowest BCUT2D eigenvalue weighted by atomic mass is 10.0. The highest BCUT2D eigenvalue weighted by atomic mass is 35.5. The molecule has 310 valence electrons. The molecule has 2 fully saturated rings. The van der Waals surface area contributed by atoms with E-state index in [-0.39, 0.29) is 51.8 Å². The maximum atomic E-state index is 14.1. The lowest BCUT2D eigenvalue weighted by Gasteiger charge is -2.32. The molecule has 4 aromatic rings. The van der Waals surface area contributed by atoms with Gasteiger partial charge in [0.25, 0.3) is 11.8 Å². The predicted molar refractivity (Wildman–Crippen MR) is 216 cm³/mol. The lowest BCUT2D eigenvalue weighted by molar-refractivity contribution is -0.136. The highest BCUT2D eigenvalue weighted by Gasteiger charge is 2.46. The number of halogens is 3. The van der Waals surface area contributed by atoms with Crippen LogP contribution < -0.4 is 20.5 Å². The maximum Gasteiger partial charge on any atom is 0.266 e. The minimum atomic E-state index is -1.03. The number of pyridine rings is 1. The number of hydrogen-bond donors (Lipinski definition) is 2. The van der Waals surface area contributed by atoms with Crippen molar-refractivity contribution >= 4 is 58.6 Å². The highest BCUT2D eigenvalue weighted by molar-refractivity contribution is 6.36. The minimum Gasteiger partial charge on any atom is -0.493 e. The second kappa shape index (κ2) is 18.2. The summed E-state index contributed by atoms with van der Waals surface area (Å²) in [6.07, 6.45) is 11.0. The lowest BCUT2D eigenvalue weighted by Crippen LogP contribution is -2.54. The van der Waals surface area contributed by atoms with E-state index in [1.54, 1.807) is 37.5 Å². The van der Waals surface area contributed by atoms with E-state index in [0.717, 1.165) is 61.0 Å². The fourth-order valence-electron chi connectivity index (χ4n) is 7.79. The number of unbranched alkanes of at least 4 members (excludes halogenated alkanes) is 4. The van der Waals surface area contributed by atoms with Crippen molar-refractivity contribution in [2.75, 3.05) is 25.4 Å². The van der Waals surface area contributed by atoms with E-state index in [9.17, 15) is 28.4 Å². The van der Waals surface area contributed by atoms with Crippen molar-refractivity contribution in [3.8, 4) is 22.6 Å². The third-order valence-corrected chi connectivity index (χ3v) is 11.7. The van der Waals surface area contributed by atoms with Crippen molar-refractivity contribution in [3.63, 3.8) is 0 Å². The number of rotatable bonds is 15. The number of nitrogens with two attached hydrogens (primary N) is 1. The number of aromatic nitrogens is 3. The fourth-order valence-corrected chi connectivity index (χ4v) is 8.47. The quantitative estimate of drug-likeness (QED) is 0.0713. The monoisotopic (exact) mass is 847 g/mol. The minimum absolute atomic E-state index is 0.0524. The van der Waals surface area contributed by atoms with E-state index in [0.29, 0.717) is 43.2 Å². The van der Waals surface area contributed by atoms with E-state index in [4.69, 9.17) is 38.4 Å². The number of likely N-dealkylation sites (tertiary alicyclic amines) is 1. The molecule has 0 radical (unpaired) electrons. The van der Waals surface area contributed by atoms with Crippen LogP contribution in [-0.2, 0) is 14.4 Å². The van der Waals surface area contributed by atoms with Gasteiger partial charge in [0.2, 0.25) is 17.7 Å². The average molecular weight is 849 g/mol. The first kappa shape index (κ1) is 41.6. The first-order valence-electron chi connectivity index (χ1n) is 19.8. The zero-order valence-corrected chi connectivity index (χ0v) is 33.9. The number of piperidine rings is 2. The summed E-state index contributed by atoms with van der Waals surface area (Å²) in [6, 6.07) is 8.28. The molecule has 59 heavy (non-hydrogen) atoms. The van der Waals surface area contributed by atoms with Gasteiger partial charge < -0.3 is 20.1 Å². The number of benzene rings is 2. The summed E-state index contributed by atoms with van der Waals surface area (Å²) in [5.41, 5.74) is 8.31. The van der Waals surface area contributed by atoms with Gasteiger partial charge >= 0.3 is 0 Å². The standard InChI is InChI=1S/C42H44Cl2FN7O7/c1-24(36-29(43)11-12-30(45)38(36)44)59-33-20-25(21-47-39(33)46)26-22-48-51(23-26)27-15-17-50(18-16-27)35(54)10-5-3-2-4-6-19-58-32-9-7-8-28-37(32)42(57)52(41(28)56)31-13-14-34(53)49-40(31)55/h7-9,11-12,20-24,27,31H,2-6,10,13-19H2,1H3,(H2,46,47)(H,49,53,55)/t24-,31?/m1/s1. The van der Waals surface area contributed by atoms with Crippen molar-refractivity contribution < 1.29 is 37.8 Å². The number of carbonyl (C=O) groups excluding carboxylic acids is 5. The van der Waals surface area contributed by atoms with Gasteiger partial charge in [-0.25, -0.2) is 9.37 Å². The normalized spacial score (nSPS) is 17.6. The summed E-state index contributed by atoms with van der Waals surface area (Å²) >= 11 is 12.5. The van der Waals surface area contributed by atoms with Crippen LogP contribution in [0, 0.1) is 5.82 Å². The van der Waals surface area contributed by atoms with E-state index in [1.807, 2.05) is 15.8 Å². The van der Waals surface area contributed by atoms with Gasteiger partial charge in [-0.15, -0.1) is 0 Å². The van der Waals surface area contributed by atoms with Crippen molar-refractivity contribution in [1.29, 1.82) is 0 Å². The van der Waals surface area contributed by atoms with Crippen molar-refractivity contribution in [1.82, 2.24) is 29.9 Å². The fraction of sp³-hybridized carbons (Fsp3) is 0.405. The molecule has 3 aliphatic heterocycles. The molecule has 1 unspecified atom stereocenters. The van der Waals surface area contributed by atoms with Gasteiger partial charge in [-0.3, -0.25) is 38.9 Å². The number of carbonyl (C=O) groups is 5. The SMILES string of the molecule is C[C@@H](Oc1cc(-c2cnn(C3CCN(C(=O)CCCCCCCOc4cccc5c4C(=O)N(C4CCC(=O)NC4=O)C5=O)CC3)c2)cnc1N)c1c(Cl)ccc(F)c1Cl. The molecule has 17 heteroatoms. The van der Waals surface area contributed by atoms with Gasteiger partial charge in [0.15, 0.2) is 11.6 Å². The molecule has 0 aliphatic carbocycles. The zero-order valence-electron chi connectivity index (χ0n) is 32.4. The smallest absolute Gasteiger partial charge is 0.266 e. The molecule has 2 aromatic carbocycles. The topological polar surface area (TPSA) is 179 Å². The number of nitrogens with zero attached hydrogens (tertiary/aromatic N) is 5. The number of imide groups is 2. The Morgan fingerprint density at radius 2 is 1.73 bits per heavy atom. The first-order chi connectivity index (χ1) is 28.4. The Labute approximate surface area is 350 Å². The molecule has 2 atom stereocenters. The molecule has 3 aliphatic rings. The Hall–Kier alpha value is -5.54. The van der Waals surface area contributed by atoms with Gasteiger partial charge in [-0.2, -0.15) is 5.10 Å². The van der Waals surface area contributed by atoms with Crippen LogP contribution >= 0.6 is 23.2 Å². The number of fused-ring (bicyclic) bond motifs is 1. The number of hydrogen-bond acceptors (Lipinski definition) is 10. The molecule has 3 N–H and O–H groups in total. The Kier molecular flexibility index (Phi) is 12.8. The number of nitrogens with one attached hydrogen (secondary N) is 1. The van der Waals surface area contributed by atoms with Crippen LogP contribution in [0.3, 0.4) is 0 Å². The number of nitrogen functional groups attached to an aromatic ring is 1. The highest BCUT2D eigenvalue weighted by Crippen LogP contribution is 2.38. The molecule has 2 saturated heterocycles. The van der Waals surface area contributed by atoms with Gasteiger partial charge in [0.05, 0.1) is 35.0 Å². The van der Waals surface area contributed by atoms with Crippen LogP contribution in [0.1, 0.15) is 110 Å². The van der Waals surface area contributed by atoms with E-state index >= 15 is 0 Å². The van der Waals surface area contributed by atoms with Crippen LogP contribution in [0.15, 0.2) is 55.0 Å². The van der Waals surface area contributed by atoms with Gasteiger partial charge in [0, 0.05) is 60.0 Å². The van der Waals surface area contributed by atoms with Gasteiger partial charge in [-0.1, -0.05) is 48.5 Å². The molecule has 5 heterocycles. The Bertz CT molecular complexity index is 2280. The van der Waals surface area contributed by atoms with Crippen molar-refractivity contribution in [2.24, 2.45) is 0 Å². The maximum absolute atomic E-state index is 14.1. The summed E-state index contributed by atoms with van der Waals surface area (Å²) < 4.78 is 28.0. The Morgan fingerprint density at radius 1 is 0.966 bits per heavy atom. The van der Waals surface area contributed by atoms with Crippen LogP contribution in [-0.4, -0.2) is 79.8 Å². The number of anilines is 1. The molecular weight excluding hydrogens is 804 g/mol. The van der Waals surface area contributed by atoms with E-state index < -0.39 is 41.6 Å². The molecule has 2 aromatic heterocycles. The summed E-state index contributed by atoms with van der Waals surface area (Å²) in [6.45, 7) is 3.33. The Morgan fingerprint density at radius 3 is 2.51 bits per heavy atom. The van der Waals surface area contributed by atoms with Crippen molar-refractivity contribution in [2.45, 2.75) is 89.3 Å². The molecule has 7 rings (SSSR count). The van der Waals surface area contributed by atoms with E-state index in [1.165, 1.54) is 18.2 Å². The molecular formula is C42H44Cl2FN7O7. The molecule has 0 saturated carbocycles.